The number of fused-ring (bicyclic) bond motifs is 1. The first-order valence-corrected chi connectivity index (χ1v) is 6.06. The topological polar surface area (TPSA) is 94.5 Å². The maximum absolute atomic E-state index is 11.2. The van der Waals surface area contributed by atoms with E-state index in [4.69, 9.17) is 14.9 Å². The number of nitrogens with two attached hydrogens (primary N) is 1. The number of nitrogens with zero attached hydrogens (tertiary/aromatic N) is 3. The molecule has 2 N–H and O–H groups in total. The number of furan rings is 1. The van der Waals surface area contributed by atoms with Crippen LogP contribution in [-0.2, 0) is 4.74 Å². The predicted octanol–water partition coefficient (Wildman–Crippen LogP) is 0.467. The highest BCUT2D eigenvalue weighted by molar-refractivity contribution is 5.97. The van der Waals surface area contributed by atoms with E-state index in [9.17, 15) is 4.79 Å². The van der Waals surface area contributed by atoms with Crippen LogP contribution < -0.4 is 10.6 Å². The molecule has 0 aliphatic carbocycles. The summed E-state index contributed by atoms with van der Waals surface area (Å²) >= 11 is 0. The van der Waals surface area contributed by atoms with E-state index in [1.165, 1.54) is 0 Å². The number of aromatic nitrogens is 2. The fourth-order valence-electron chi connectivity index (χ4n) is 2.15. The molecule has 3 heterocycles. The molecular formula is C12H14N4O3. The Balaban J connectivity index is 2.13. The van der Waals surface area contributed by atoms with Gasteiger partial charge in [-0.05, 0) is 6.92 Å². The lowest BCUT2D eigenvalue weighted by molar-refractivity contribution is 0.0975. The lowest BCUT2D eigenvalue weighted by Crippen LogP contribution is -2.37. The van der Waals surface area contributed by atoms with Crippen molar-refractivity contribution in [3.8, 4) is 0 Å². The van der Waals surface area contributed by atoms with Crippen LogP contribution in [0.5, 0.6) is 0 Å². The summed E-state index contributed by atoms with van der Waals surface area (Å²) in [5.41, 5.74) is 5.62. The normalized spacial score (nSPS) is 15.9. The first-order chi connectivity index (χ1) is 9.15. The minimum absolute atomic E-state index is 0.101. The maximum atomic E-state index is 11.2. The highest BCUT2D eigenvalue weighted by atomic mass is 16.5. The van der Waals surface area contributed by atoms with Crippen LogP contribution in [-0.4, -0.2) is 42.2 Å². The SMILES string of the molecule is Cc1nc(N2CCOCC2)c2cc(C(N)=O)oc2n1. The first-order valence-electron chi connectivity index (χ1n) is 6.06. The highest BCUT2D eigenvalue weighted by Crippen LogP contribution is 2.27. The van der Waals surface area contributed by atoms with Crippen LogP contribution in [0.15, 0.2) is 10.5 Å². The molecule has 0 atom stereocenters. The van der Waals surface area contributed by atoms with Crippen molar-refractivity contribution in [3.63, 3.8) is 0 Å². The third-order valence-corrected chi connectivity index (χ3v) is 3.04. The van der Waals surface area contributed by atoms with Gasteiger partial charge >= 0.3 is 0 Å². The molecule has 0 unspecified atom stereocenters. The van der Waals surface area contributed by atoms with Crippen molar-refractivity contribution < 1.29 is 13.9 Å². The number of anilines is 1. The fourth-order valence-corrected chi connectivity index (χ4v) is 2.15. The number of hydrogen-bond acceptors (Lipinski definition) is 6. The largest absolute Gasteiger partial charge is 0.432 e. The van der Waals surface area contributed by atoms with Gasteiger partial charge in [-0.25, -0.2) is 4.98 Å². The Bertz CT molecular complexity index is 631. The summed E-state index contributed by atoms with van der Waals surface area (Å²) in [4.78, 5) is 21.9. The van der Waals surface area contributed by atoms with Crippen molar-refractivity contribution in [1.29, 1.82) is 0 Å². The van der Waals surface area contributed by atoms with Gasteiger partial charge in [0.1, 0.15) is 11.6 Å². The molecule has 0 saturated carbocycles. The molecule has 7 heteroatoms. The zero-order chi connectivity index (χ0) is 13.4. The zero-order valence-electron chi connectivity index (χ0n) is 10.5. The van der Waals surface area contributed by atoms with Crippen molar-refractivity contribution in [2.45, 2.75) is 6.92 Å². The summed E-state index contributed by atoms with van der Waals surface area (Å²) in [5.74, 6) is 0.856. The second-order valence-electron chi connectivity index (χ2n) is 4.39. The molecule has 19 heavy (non-hydrogen) atoms. The Morgan fingerprint density at radius 2 is 2.11 bits per heavy atom. The minimum atomic E-state index is -0.608. The van der Waals surface area contributed by atoms with Gasteiger partial charge in [0.2, 0.25) is 5.71 Å². The second kappa shape index (κ2) is 4.51. The molecule has 1 aliphatic heterocycles. The summed E-state index contributed by atoms with van der Waals surface area (Å²) in [5, 5.41) is 0.710. The summed E-state index contributed by atoms with van der Waals surface area (Å²) in [6, 6.07) is 1.60. The first kappa shape index (κ1) is 11.9. The summed E-state index contributed by atoms with van der Waals surface area (Å²) in [7, 11) is 0. The number of rotatable bonds is 2. The van der Waals surface area contributed by atoms with Gasteiger partial charge in [0.15, 0.2) is 5.76 Å². The quantitative estimate of drug-likeness (QED) is 0.845. The standard InChI is InChI=1S/C12H14N4O3/c1-7-14-11(16-2-4-18-5-3-16)8-6-9(10(13)17)19-12(8)15-7/h6H,2-5H2,1H3,(H2,13,17). The lowest BCUT2D eigenvalue weighted by Gasteiger charge is -2.28. The van der Waals surface area contributed by atoms with Crippen LogP contribution in [0.25, 0.3) is 11.1 Å². The van der Waals surface area contributed by atoms with Crippen molar-refractivity contribution in [3.05, 3.63) is 17.7 Å². The van der Waals surface area contributed by atoms with Crippen molar-refractivity contribution in [2.75, 3.05) is 31.2 Å². The van der Waals surface area contributed by atoms with E-state index in [0.29, 0.717) is 30.1 Å². The fraction of sp³-hybridized carbons (Fsp3) is 0.417. The van der Waals surface area contributed by atoms with Gasteiger partial charge in [0, 0.05) is 19.2 Å². The maximum Gasteiger partial charge on any atom is 0.284 e. The van der Waals surface area contributed by atoms with Gasteiger partial charge in [0.05, 0.1) is 18.6 Å². The molecule has 0 bridgehead atoms. The summed E-state index contributed by atoms with van der Waals surface area (Å²) in [6.45, 7) is 4.61. The van der Waals surface area contributed by atoms with E-state index in [-0.39, 0.29) is 5.76 Å². The van der Waals surface area contributed by atoms with Crippen LogP contribution in [0.2, 0.25) is 0 Å². The van der Waals surface area contributed by atoms with Crippen LogP contribution in [0.3, 0.4) is 0 Å². The molecule has 1 saturated heterocycles. The van der Waals surface area contributed by atoms with Crippen LogP contribution in [0, 0.1) is 6.92 Å². The number of aryl methyl sites for hydroxylation is 1. The summed E-state index contributed by atoms with van der Waals surface area (Å²) < 4.78 is 10.7. The monoisotopic (exact) mass is 262 g/mol. The van der Waals surface area contributed by atoms with Gasteiger partial charge in [-0.3, -0.25) is 4.79 Å². The number of primary amides is 1. The Morgan fingerprint density at radius 1 is 1.37 bits per heavy atom. The molecule has 1 amide bonds. The summed E-state index contributed by atoms with van der Waals surface area (Å²) in [6.07, 6.45) is 0. The molecule has 1 aliphatic rings. The van der Waals surface area contributed by atoms with E-state index >= 15 is 0 Å². The van der Waals surface area contributed by atoms with Gasteiger partial charge < -0.3 is 19.8 Å². The molecule has 0 aromatic carbocycles. The van der Waals surface area contributed by atoms with Crippen molar-refractivity contribution in [2.24, 2.45) is 5.73 Å². The predicted molar refractivity (Wildman–Crippen MR) is 68.1 cm³/mol. The Labute approximate surface area is 109 Å². The molecular weight excluding hydrogens is 248 g/mol. The molecule has 1 fully saturated rings. The van der Waals surface area contributed by atoms with Gasteiger partial charge in [-0.1, -0.05) is 0 Å². The zero-order valence-corrected chi connectivity index (χ0v) is 10.5. The van der Waals surface area contributed by atoms with Gasteiger partial charge in [0.25, 0.3) is 5.91 Å². The molecule has 100 valence electrons. The number of ether oxygens (including phenoxy) is 1. The number of hydrogen-bond donors (Lipinski definition) is 1. The van der Waals surface area contributed by atoms with Crippen molar-refractivity contribution >= 4 is 22.8 Å². The Kier molecular flexibility index (Phi) is 2.83. The third kappa shape index (κ3) is 2.12. The number of morpholine rings is 1. The van der Waals surface area contributed by atoms with Crippen molar-refractivity contribution in [1.82, 2.24) is 9.97 Å². The van der Waals surface area contributed by atoms with E-state index in [1.54, 1.807) is 13.0 Å². The minimum Gasteiger partial charge on any atom is -0.432 e. The third-order valence-electron chi connectivity index (χ3n) is 3.04. The molecule has 7 nitrogen and oxygen atoms in total. The Hall–Kier alpha value is -2.15. The van der Waals surface area contributed by atoms with E-state index in [1.807, 2.05) is 0 Å². The lowest BCUT2D eigenvalue weighted by atomic mass is 10.3. The second-order valence-corrected chi connectivity index (χ2v) is 4.39. The van der Waals surface area contributed by atoms with E-state index in [2.05, 4.69) is 14.9 Å². The average molecular weight is 262 g/mol. The van der Waals surface area contributed by atoms with Crippen LogP contribution in [0.4, 0.5) is 5.82 Å². The van der Waals surface area contributed by atoms with E-state index in [0.717, 1.165) is 18.9 Å². The highest BCUT2D eigenvalue weighted by Gasteiger charge is 2.20. The molecule has 2 aromatic heterocycles. The smallest absolute Gasteiger partial charge is 0.284 e. The van der Waals surface area contributed by atoms with Crippen LogP contribution >= 0.6 is 0 Å². The molecule has 0 radical (unpaired) electrons. The van der Waals surface area contributed by atoms with Gasteiger partial charge in [-0.2, -0.15) is 4.98 Å². The molecule has 2 aromatic rings. The van der Waals surface area contributed by atoms with Gasteiger partial charge in [-0.15, -0.1) is 0 Å². The number of carbonyl (C=O) groups is 1. The molecule has 3 rings (SSSR count). The Morgan fingerprint density at radius 3 is 2.79 bits per heavy atom. The average Bonchev–Trinajstić information content (AvgIpc) is 2.82. The number of amides is 1. The number of carbonyl (C=O) groups excluding carboxylic acids is 1. The van der Waals surface area contributed by atoms with Crippen LogP contribution in [0.1, 0.15) is 16.4 Å². The molecule has 0 spiro atoms. The van der Waals surface area contributed by atoms with E-state index < -0.39 is 5.91 Å².